The Morgan fingerprint density at radius 1 is 1.07 bits per heavy atom. The monoisotopic (exact) mass is 385 g/mol. The molecule has 3 saturated heterocycles. The van der Waals surface area contributed by atoms with Crippen LogP contribution in [-0.2, 0) is 20.7 Å². The summed E-state index contributed by atoms with van der Waals surface area (Å²) in [6.45, 7) is 3.17. The summed E-state index contributed by atoms with van der Waals surface area (Å²) in [5.74, 6) is 0.356. The van der Waals surface area contributed by atoms with Gasteiger partial charge in [-0.3, -0.25) is 9.59 Å². The molecule has 0 radical (unpaired) electrons. The predicted molar refractivity (Wildman–Crippen MR) is 102 cm³/mol. The van der Waals surface area contributed by atoms with Gasteiger partial charge in [-0.05, 0) is 30.7 Å². The fourth-order valence-corrected chi connectivity index (χ4v) is 4.52. The van der Waals surface area contributed by atoms with Gasteiger partial charge in [0.1, 0.15) is 6.61 Å². The van der Waals surface area contributed by atoms with Gasteiger partial charge >= 0.3 is 6.09 Å². The predicted octanol–water partition coefficient (Wildman–Crippen LogP) is 1.52. The zero-order valence-corrected chi connectivity index (χ0v) is 16.1. The van der Waals surface area contributed by atoms with Crippen LogP contribution >= 0.6 is 0 Å². The van der Waals surface area contributed by atoms with Crippen LogP contribution in [0.4, 0.5) is 4.79 Å². The summed E-state index contributed by atoms with van der Waals surface area (Å²) in [5, 5.41) is 0. The van der Waals surface area contributed by atoms with Crippen LogP contribution in [-0.4, -0.2) is 78.0 Å². The van der Waals surface area contributed by atoms with E-state index in [-0.39, 0.29) is 36.4 Å². The van der Waals surface area contributed by atoms with Crippen molar-refractivity contribution in [3.05, 3.63) is 35.9 Å². The average Bonchev–Trinajstić information content (AvgIpc) is 3.28. The van der Waals surface area contributed by atoms with Crippen LogP contribution in [0.3, 0.4) is 0 Å². The molecule has 3 aliphatic rings. The molecule has 3 amide bonds. The summed E-state index contributed by atoms with van der Waals surface area (Å²) in [6, 6.07) is 10.3. The highest BCUT2D eigenvalue weighted by atomic mass is 16.6. The molecule has 7 nitrogen and oxygen atoms in total. The fourth-order valence-electron chi connectivity index (χ4n) is 4.52. The van der Waals surface area contributed by atoms with Gasteiger partial charge in [0.2, 0.25) is 11.8 Å². The highest BCUT2D eigenvalue weighted by molar-refractivity contribution is 5.86. The Hall–Kier alpha value is -2.57. The van der Waals surface area contributed by atoms with Crippen molar-refractivity contribution in [3.63, 3.8) is 0 Å². The maximum absolute atomic E-state index is 12.7. The summed E-state index contributed by atoms with van der Waals surface area (Å²) in [7, 11) is 0. The molecule has 0 N–H and O–H groups in total. The second-order valence-corrected chi connectivity index (χ2v) is 7.95. The quantitative estimate of drug-likeness (QED) is 0.771. The highest BCUT2D eigenvalue weighted by Gasteiger charge is 2.35. The van der Waals surface area contributed by atoms with Crippen molar-refractivity contribution in [2.75, 3.05) is 39.3 Å². The van der Waals surface area contributed by atoms with E-state index in [4.69, 9.17) is 4.74 Å². The minimum Gasteiger partial charge on any atom is -0.448 e. The standard InChI is InChI=1S/C21H27N3O4/c25-19-13-17(12-16-4-2-1-3-5-16)14-23(19)15-20(26)22-8-6-18(7-9-22)24-10-11-28-21(24)27/h1-5,17-18H,6-15H2/t17-/m1/s1. The number of hydrogen-bond donors (Lipinski definition) is 0. The average molecular weight is 385 g/mol. The van der Waals surface area contributed by atoms with Crippen molar-refractivity contribution in [1.82, 2.24) is 14.7 Å². The van der Waals surface area contributed by atoms with Crippen molar-refractivity contribution >= 4 is 17.9 Å². The normalized spacial score (nSPS) is 23.4. The molecule has 0 aliphatic carbocycles. The van der Waals surface area contributed by atoms with E-state index in [2.05, 4.69) is 12.1 Å². The number of amides is 3. The lowest BCUT2D eigenvalue weighted by Crippen LogP contribution is -2.49. The van der Waals surface area contributed by atoms with Crippen molar-refractivity contribution in [2.24, 2.45) is 5.92 Å². The molecule has 3 heterocycles. The zero-order valence-electron chi connectivity index (χ0n) is 16.1. The molecular formula is C21H27N3O4. The number of hydrogen-bond acceptors (Lipinski definition) is 4. The minimum absolute atomic E-state index is 0.0103. The molecule has 150 valence electrons. The zero-order chi connectivity index (χ0) is 19.5. The van der Waals surface area contributed by atoms with Crippen LogP contribution in [0.25, 0.3) is 0 Å². The first-order valence-corrected chi connectivity index (χ1v) is 10.1. The molecule has 1 atom stereocenters. The summed E-state index contributed by atoms with van der Waals surface area (Å²) >= 11 is 0. The number of ether oxygens (including phenoxy) is 1. The Morgan fingerprint density at radius 3 is 2.50 bits per heavy atom. The van der Waals surface area contributed by atoms with E-state index in [9.17, 15) is 14.4 Å². The lowest BCUT2D eigenvalue weighted by Gasteiger charge is -2.36. The van der Waals surface area contributed by atoms with Gasteiger partial charge in [-0.2, -0.15) is 0 Å². The number of cyclic esters (lactones) is 1. The van der Waals surface area contributed by atoms with Gasteiger partial charge in [-0.15, -0.1) is 0 Å². The number of nitrogens with zero attached hydrogens (tertiary/aromatic N) is 3. The number of piperidine rings is 1. The molecule has 4 rings (SSSR count). The van der Waals surface area contributed by atoms with E-state index >= 15 is 0 Å². The molecule has 1 aromatic rings. The number of likely N-dealkylation sites (tertiary alicyclic amines) is 2. The molecule has 28 heavy (non-hydrogen) atoms. The number of benzene rings is 1. The molecule has 0 aromatic heterocycles. The van der Waals surface area contributed by atoms with Gasteiger partial charge in [0, 0.05) is 32.1 Å². The van der Waals surface area contributed by atoms with E-state index in [0.29, 0.717) is 39.2 Å². The molecule has 3 aliphatic heterocycles. The van der Waals surface area contributed by atoms with Crippen molar-refractivity contribution in [2.45, 2.75) is 31.7 Å². The largest absolute Gasteiger partial charge is 0.448 e. The van der Waals surface area contributed by atoms with Crippen LogP contribution in [0, 0.1) is 5.92 Å². The Kier molecular flexibility index (Phi) is 5.50. The van der Waals surface area contributed by atoms with Gasteiger partial charge in [-0.25, -0.2) is 4.79 Å². The molecular weight excluding hydrogens is 358 g/mol. The number of carbonyl (C=O) groups is 3. The first kappa shape index (κ1) is 18.8. The van der Waals surface area contributed by atoms with Crippen LogP contribution in [0.1, 0.15) is 24.8 Å². The Morgan fingerprint density at radius 2 is 1.82 bits per heavy atom. The number of rotatable bonds is 5. The topological polar surface area (TPSA) is 70.2 Å². The summed E-state index contributed by atoms with van der Waals surface area (Å²) in [6.07, 6.45) is 2.68. The highest BCUT2D eigenvalue weighted by Crippen LogP contribution is 2.23. The SMILES string of the molecule is O=C(CN1C[C@H](Cc2ccccc2)CC1=O)N1CCC(N2CCOC2=O)CC1. The third-order valence-electron chi connectivity index (χ3n) is 6.04. The van der Waals surface area contributed by atoms with Crippen molar-refractivity contribution in [3.8, 4) is 0 Å². The van der Waals surface area contributed by atoms with Crippen molar-refractivity contribution < 1.29 is 19.1 Å². The Balaban J connectivity index is 1.25. The van der Waals surface area contributed by atoms with E-state index in [0.717, 1.165) is 19.3 Å². The molecule has 3 fully saturated rings. The molecule has 0 bridgehead atoms. The van der Waals surface area contributed by atoms with Gasteiger partial charge in [-0.1, -0.05) is 30.3 Å². The molecule has 0 spiro atoms. The second-order valence-electron chi connectivity index (χ2n) is 7.95. The third kappa shape index (κ3) is 4.13. The first-order valence-electron chi connectivity index (χ1n) is 10.1. The van der Waals surface area contributed by atoms with E-state index in [1.165, 1.54) is 5.56 Å². The van der Waals surface area contributed by atoms with E-state index in [1.54, 1.807) is 9.80 Å². The van der Waals surface area contributed by atoms with Crippen LogP contribution in [0.15, 0.2) is 30.3 Å². The van der Waals surface area contributed by atoms with Gasteiger partial charge in [0.15, 0.2) is 0 Å². The van der Waals surface area contributed by atoms with Gasteiger partial charge < -0.3 is 19.4 Å². The fraction of sp³-hybridized carbons (Fsp3) is 0.571. The minimum atomic E-state index is -0.239. The van der Waals surface area contributed by atoms with Gasteiger partial charge in [0.05, 0.1) is 13.1 Å². The van der Waals surface area contributed by atoms with Crippen molar-refractivity contribution in [1.29, 1.82) is 0 Å². The first-order chi connectivity index (χ1) is 13.6. The van der Waals surface area contributed by atoms with Gasteiger partial charge in [0.25, 0.3) is 0 Å². The summed E-state index contributed by atoms with van der Waals surface area (Å²) in [5.41, 5.74) is 1.23. The molecule has 1 aromatic carbocycles. The van der Waals surface area contributed by atoms with E-state index in [1.807, 2.05) is 23.1 Å². The molecule has 0 unspecified atom stereocenters. The summed E-state index contributed by atoms with van der Waals surface area (Å²) in [4.78, 5) is 42.0. The van der Waals surface area contributed by atoms with E-state index < -0.39 is 0 Å². The second kappa shape index (κ2) is 8.20. The maximum atomic E-state index is 12.7. The van der Waals surface area contributed by atoms with Crippen LogP contribution in [0.5, 0.6) is 0 Å². The lowest BCUT2D eigenvalue weighted by molar-refractivity contribution is -0.139. The Labute approximate surface area is 165 Å². The molecule has 7 heteroatoms. The summed E-state index contributed by atoms with van der Waals surface area (Å²) < 4.78 is 5.01. The third-order valence-corrected chi connectivity index (χ3v) is 6.04. The lowest BCUT2D eigenvalue weighted by atomic mass is 9.99. The van der Waals surface area contributed by atoms with Crippen LogP contribution < -0.4 is 0 Å². The maximum Gasteiger partial charge on any atom is 0.410 e. The van der Waals surface area contributed by atoms with Crippen LogP contribution in [0.2, 0.25) is 0 Å². The smallest absolute Gasteiger partial charge is 0.410 e. The number of carbonyl (C=O) groups excluding carboxylic acids is 3. The Bertz CT molecular complexity index is 730. The molecule has 0 saturated carbocycles.